The molecule has 0 radical (unpaired) electrons. The normalized spacial score (nSPS) is 19.8. The van der Waals surface area contributed by atoms with Gasteiger partial charge in [-0.2, -0.15) is 0 Å². The van der Waals surface area contributed by atoms with Crippen LogP contribution in [0, 0.1) is 5.92 Å². The minimum absolute atomic E-state index is 0.612. The van der Waals surface area contributed by atoms with E-state index in [9.17, 15) is 0 Å². The third kappa shape index (κ3) is 2.59. The molecule has 2 aliphatic rings. The highest BCUT2D eigenvalue weighted by atomic mass is 35.5. The largest absolute Gasteiger partial charge is 0.384 e. The summed E-state index contributed by atoms with van der Waals surface area (Å²) in [5.74, 6) is 0.612. The molecular formula is C19H19ClN2. The van der Waals surface area contributed by atoms with Crippen molar-refractivity contribution in [3.05, 3.63) is 70.9 Å². The van der Waals surface area contributed by atoms with Gasteiger partial charge in [0.15, 0.2) is 0 Å². The molecule has 0 bridgehead atoms. The summed E-state index contributed by atoms with van der Waals surface area (Å²) >= 11 is 6.12. The topological polar surface area (TPSA) is 15.3 Å². The Morgan fingerprint density at radius 1 is 1.14 bits per heavy atom. The highest BCUT2D eigenvalue weighted by Crippen LogP contribution is 2.39. The molecule has 0 amide bonds. The van der Waals surface area contributed by atoms with Gasteiger partial charge in [-0.3, -0.25) is 0 Å². The molecule has 0 aromatic heterocycles. The summed E-state index contributed by atoms with van der Waals surface area (Å²) in [6, 6.07) is 16.8. The Bertz CT molecular complexity index is 709. The minimum Gasteiger partial charge on any atom is -0.384 e. The van der Waals surface area contributed by atoms with E-state index in [0.29, 0.717) is 5.92 Å². The van der Waals surface area contributed by atoms with E-state index in [2.05, 4.69) is 52.8 Å². The fourth-order valence-corrected chi connectivity index (χ4v) is 3.61. The van der Waals surface area contributed by atoms with Crippen molar-refractivity contribution in [2.24, 2.45) is 5.92 Å². The second-order valence-corrected chi connectivity index (χ2v) is 6.53. The van der Waals surface area contributed by atoms with Gasteiger partial charge in [0.2, 0.25) is 0 Å². The Kier molecular flexibility index (Phi) is 3.55. The second kappa shape index (κ2) is 5.69. The van der Waals surface area contributed by atoms with E-state index in [-0.39, 0.29) is 0 Å². The van der Waals surface area contributed by atoms with Crippen LogP contribution >= 0.6 is 11.6 Å². The van der Waals surface area contributed by atoms with Crippen molar-refractivity contribution in [1.29, 1.82) is 0 Å². The number of rotatable bonds is 2. The highest BCUT2D eigenvalue weighted by molar-refractivity contribution is 6.31. The van der Waals surface area contributed by atoms with Crippen molar-refractivity contribution >= 4 is 22.9 Å². The van der Waals surface area contributed by atoms with E-state index in [1.807, 2.05) is 12.1 Å². The maximum Gasteiger partial charge on any atom is 0.0432 e. The van der Waals surface area contributed by atoms with E-state index < -0.39 is 0 Å². The highest BCUT2D eigenvalue weighted by Gasteiger charge is 2.27. The number of nitrogens with one attached hydrogen (secondary N) is 1. The molecule has 22 heavy (non-hydrogen) atoms. The SMILES string of the molecule is Clc1ccc2c(c1)NCC1CCN(Cc3ccccc3)C=C21. The van der Waals surface area contributed by atoms with Crippen LogP contribution in [0.1, 0.15) is 17.5 Å². The molecule has 0 spiro atoms. The summed E-state index contributed by atoms with van der Waals surface area (Å²) in [5.41, 5.74) is 5.28. The molecule has 2 heterocycles. The lowest BCUT2D eigenvalue weighted by Crippen LogP contribution is -2.32. The predicted octanol–water partition coefficient (Wildman–Crippen LogP) is 4.63. The molecule has 2 aromatic carbocycles. The van der Waals surface area contributed by atoms with Gasteiger partial charge in [-0.05, 0) is 29.7 Å². The average molecular weight is 311 g/mol. The van der Waals surface area contributed by atoms with E-state index in [1.165, 1.54) is 23.1 Å². The van der Waals surface area contributed by atoms with Gasteiger partial charge in [0.1, 0.15) is 0 Å². The molecule has 2 aliphatic heterocycles. The monoisotopic (exact) mass is 310 g/mol. The maximum absolute atomic E-state index is 6.12. The predicted molar refractivity (Wildman–Crippen MR) is 92.9 cm³/mol. The molecule has 4 rings (SSSR count). The van der Waals surface area contributed by atoms with Gasteiger partial charge in [0.05, 0.1) is 0 Å². The standard InChI is InChI=1S/C19H19ClN2/c20-16-6-7-17-18-13-22(12-14-4-2-1-3-5-14)9-8-15(18)11-21-19(17)10-16/h1-7,10,13,15,21H,8-9,11-12H2. The molecule has 112 valence electrons. The smallest absolute Gasteiger partial charge is 0.0432 e. The fourth-order valence-electron chi connectivity index (χ4n) is 3.44. The zero-order chi connectivity index (χ0) is 14.9. The first-order valence-corrected chi connectivity index (χ1v) is 8.21. The summed E-state index contributed by atoms with van der Waals surface area (Å²) in [6.07, 6.45) is 3.56. The van der Waals surface area contributed by atoms with Crippen molar-refractivity contribution in [3.8, 4) is 0 Å². The van der Waals surface area contributed by atoms with Crippen molar-refractivity contribution < 1.29 is 0 Å². The fraction of sp³-hybridized carbons (Fsp3) is 0.263. The van der Waals surface area contributed by atoms with Crippen molar-refractivity contribution in [3.63, 3.8) is 0 Å². The van der Waals surface area contributed by atoms with Crippen molar-refractivity contribution in [1.82, 2.24) is 4.90 Å². The lowest BCUT2D eigenvalue weighted by atomic mass is 9.84. The second-order valence-electron chi connectivity index (χ2n) is 6.10. The third-order valence-corrected chi connectivity index (χ3v) is 4.82. The number of anilines is 1. The molecule has 0 saturated heterocycles. The number of benzene rings is 2. The number of halogens is 1. The number of nitrogens with zero attached hydrogens (tertiary/aromatic N) is 1. The Morgan fingerprint density at radius 3 is 2.86 bits per heavy atom. The first-order valence-electron chi connectivity index (χ1n) is 7.83. The van der Waals surface area contributed by atoms with Crippen LogP contribution in [0.3, 0.4) is 0 Å². The van der Waals surface area contributed by atoms with E-state index in [4.69, 9.17) is 11.6 Å². The van der Waals surface area contributed by atoms with Crippen LogP contribution in [0.15, 0.2) is 54.7 Å². The van der Waals surface area contributed by atoms with Gasteiger partial charge in [-0.15, -0.1) is 0 Å². The van der Waals surface area contributed by atoms with Gasteiger partial charge >= 0.3 is 0 Å². The molecule has 1 N–H and O–H groups in total. The van der Waals surface area contributed by atoms with Crippen LogP contribution in [0.4, 0.5) is 5.69 Å². The Hall–Kier alpha value is -1.93. The summed E-state index contributed by atoms with van der Waals surface area (Å²) in [5, 5.41) is 4.32. The number of fused-ring (bicyclic) bond motifs is 3. The van der Waals surface area contributed by atoms with E-state index >= 15 is 0 Å². The molecule has 0 fully saturated rings. The molecule has 2 aromatic rings. The number of hydrogen-bond donors (Lipinski definition) is 1. The van der Waals surface area contributed by atoms with Gasteiger partial charge < -0.3 is 10.2 Å². The summed E-state index contributed by atoms with van der Waals surface area (Å²) in [4.78, 5) is 2.44. The molecule has 1 unspecified atom stereocenters. The van der Waals surface area contributed by atoms with Crippen LogP contribution < -0.4 is 5.32 Å². The Balaban J connectivity index is 1.64. The van der Waals surface area contributed by atoms with Crippen LogP contribution in [0.2, 0.25) is 5.02 Å². The zero-order valence-corrected chi connectivity index (χ0v) is 13.2. The van der Waals surface area contributed by atoms with Gasteiger partial charge in [0.25, 0.3) is 0 Å². The molecule has 1 atom stereocenters. The molecule has 0 saturated carbocycles. The first-order chi connectivity index (χ1) is 10.8. The van der Waals surface area contributed by atoms with Crippen molar-refractivity contribution in [2.45, 2.75) is 13.0 Å². The molecule has 0 aliphatic carbocycles. The number of hydrogen-bond acceptors (Lipinski definition) is 2. The quantitative estimate of drug-likeness (QED) is 0.870. The Labute approximate surface area is 136 Å². The third-order valence-electron chi connectivity index (χ3n) is 4.59. The Morgan fingerprint density at radius 2 is 2.00 bits per heavy atom. The molecule has 3 heteroatoms. The van der Waals surface area contributed by atoms with Crippen LogP contribution in [-0.4, -0.2) is 18.0 Å². The van der Waals surface area contributed by atoms with Gasteiger partial charge in [0, 0.05) is 48.0 Å². The lowest BCUT2D eigenvalue weighted by molar-refractivity contribution is 0.326. The zero-order valence-electron chi connectivity index (χ0n) is 12.4. The van der Waals surface area contributed by atoms with Crippen LogP contribution in [-0.2, 0) is 6.54 Å². The van der Waals surface area contributed by atoms with E-state index in [1.54, 1.807) is 0 Å². The molecule has 2 nitrogen and oxygen atoms in total. The van der Waals surface area contributed by atoms with Gasteiger partial charge in [-0.25, -0.2) is 0 Å². The minimum atomic E-state index is 0.612. The molecular weight excluding hydrogens is 292 g/mol. The first kappa shape index (κ1) is 13.7. The summed E-state index contributed by atoms with van der Waals surface area (Å²) < 4.78 is 0. The van der Waals surface area contributed by atoms with Crippen LogP contribution in [0.5, 0.6) is 0 Å². The van der Waals surface area contributed by atoms with E-state index in [0.717, 1.165) is 30.3 Å². The summed E-state index contributed by atoms with van der Waals surface area (Å²) in [7, 11) is 0. The van der Waals surface area contributed by atoms with Gasteiger partial charge in [-0.1, -0.05) is 48.0 Å². The van der Waals surface area contributed by atoms with Crippen molar-refractivity contribution in [2.75, 3.05) is 18.4 Å². The average Bonchev–Trinajstić information content (AvgIpc) is 2.55. The van der Waals surface area contributed by atoms with Crippen LogP contribution in [0.25, 0.3) is 5.57 Å². The summed E-state index contributed by atoms with van der Waals surface area (Å²) in [6.45, 7) is 3.11. The maximum atomic E-state index is 6.12. The lowest BCUT2D eigenvalue weighted by Gasteiger charge is -2.36.